The van der Waals surface area contributed by atoms with E-state index in [-0.39, 0.29) is 5.41 Å². The molecule has 0 amide bonds. The van der Waals surface area contributed by atoms with E-state index in [1.165, 1.54) is 16.7 Å². The summed E-state index contributed by atoms with van der Waals surface area (Å²) in [5.41, 5.74) is 4.39. The molecule has 1 aromatic carbocycles. The molecule has 0 aliphatic carbocycles. The summed E-state index contributed by atoms with van der Waals surface area (Å²) in [6.45, 7) is 9.42. The Morgan fingerprint density at radius 3 is 2.74 bits per heavy atom. The van der Waals surface area contributed by atoms with Crippen molar-refractivity contribution in [2.45, 2.75) is 25.3 Å². The van der Waals surface area contributed by atoms with Gasteiger partial charge in [0.15, 0.2) is 0 Å². The number of ether oxygens (including phenoxy) is 1. The monoisotopic (exact) mass is 260 g/mol. The Hall–Kier alpha value is -0.900. The molecule has 3 rings (SSSR count). The molecule has 3 heteroatoms. The number of benzene rings is 1. The van der Waals surface area contributed by atoms with Gasteiger partial charge in [0.25, 0.3) is 0 Å². The van der Waals surface area contributed by atoms with Crippen LogP contribution >= 0.6 is 0 Å². The summed E-state index contributed by atoms with van der Waals surface area (Å²) in [4.78, 5) is 2.42. The number of hydrogen-bond acceptors (Lipinski definition) is 3. The lowest BCUT2D eigenvalue weighted by Gasteiger charge is -2.51. The van der Waals surface area contributed by atoms with Crippen molar-refractivity contribution in [3.63, 3.8) is 0 Å². The Bertz CT molecular complexity index is 468. The summed E-state index contributed by atoms with van der Waals surface area (Å²) >= 11 is 0. The van der Waals surface area contributed by atoms with Crippen molar-refractivity contribution in [1.29, 1.82) is 0 Å². The van der Waals surface area contributed by atoms with Gasteiger partial charge < -0.3 is 15.0 Å². The molecule has 0 aromatic heterocycles. The Balaban J connectivity index is 1.96. The highest BCUT2D eigenvalue weighted by atomic mass is 16.5. The molecular formula is C16H24N2O. The number of nitrogens with zero attached hydrogens (tertiary/aromatic N) is 1. The summed E-state index contributed by atoms with van der Waals surface area (Å²) < 4.78 is 5.62. The van der Waals surface area contributed by atoms with Gasteiger partial charge in [0, 0.05) is 25.7 Å². The van der Waals surface area contributed by atoms with Crippen LogP contribution in [-0.2, 0) is 10.2 Å². The van der Waals surface area contributed by atoms with Gasteiger partial charge in [-0.05, 0) is 32.0 Å². The van der Waals surface area contributed by atoms with Crippen LogP contribution in [0.3, 0.4) is 0 Å². The van der Waals surface area contributed by atoms with E-state index in [9.17, 15) is 0 Å². The van der Waals surface area contributed by atoms with E-state index >= 15 is 0 Å². The first-order chi connectivity index (χ1) is 9.12. The molecule has 3 nitrogen and oxygen atoms in total. The summed E-state index contributed by atoms with van der Waals surface area (Å²) in [5.74, 6) is 0. The third-order valence-electron chi connectivity index (χ3n) is 4.69. The normalized spacial score (nSPS) is 27.0. The molecule has 2 saturated heterocycles. The first-order valence-electron chi connectivity index (χ1n) is 7.19. The molecule has 0 radical (unpaired) electrons. The van der Waals surface area contributed by atoms with Gasteiger partial charge in [-0.25, -0.2) is 0 Å². The second-order valence-corrected chi connectivity index (χ2v) is 6.24. The van der Waals surface area contributed by atoms with Crippen LogP contribution in [0.1, 0.15) is 16.7 Å². The Morgan fingerprint density at radius 2 is 2.11 bits per heavy atom. The van der Waals surface area contributed by atoms with Crippen LogP contribution in [0.2, 0.25) is 0 Å². The minimum atomic E-state index is 0.171. The Morgan fingerprint density at radius 1 is 1.32 bits per heavy atom. The zero-order valence-corrected chi connectivity index (χ0v) is 12.2. The lowest BCUT2D eigenvalue weighted by molar-refractivity contribution is -0.0868. The molecule has 2 aliphatic heterocycles. The first-order valence-corrected chi connectivity index (χ1v) is 7.19. The number of rotatable bonds is 2. The molecule has 0 saturated carbocycles. The van der Waals surface area contributed by atoms with E-state index in [4.69, 9.17) is 4.74 Å². The van der Waals surface area contributed by atoms with Crippen molar-refractivity contribution in [1.82, 2.24) is 10.2 Å². The van der Waals surface area contributed by atoms with E-state index in [2.05, 4.69) is 49.3 Å². The van der Waals surface area contributed by atoms with Crippen molar-refractivity contribution in [3.05, 3.63) is 34.9 Å². The van der Waals surface area contributed by atoms with Crippen LogP contribution in [-0.4, -0.2) is 50.8 Å². The molecule has 1 unspecified atom stereocenters. The molecular weight excluding hydrogens is 236 g/mol. The molecule has 2 heterocycles. The van der Waals surface area contributed by atoms with Crippen molar-refractivity contribution in [3.8, 4) is 0 Å². The minimum Gasteiger partial charge on any atom is -0.379 e. The highest BCUT2D eigenvalue weighted by molar-refractivity contribution is 5.40. The molecule has 2 fully saturated rings. The standard InChI is InChI=1S/C16H24N2O/c1-12-4-5-13(2)14(8-12)16(10-19-11-16)15-9-18(3)7-6-17-15/h4-5,8,15,17H,6-7,9-11H2,1-3H3. The van der Waals surface area contributed by atoms with Crippen LogP contribution in [0.15, 0.2) is 18.2 Å². The fourth-order valence-electron chi connectivity index (χ4n) is 3.41. The lowest BCUT2D eigenvalue weighted by Crippen LogP contribution is -2.66. The molecule has 2 aliphatic rings. The third-order valence-corrected chi connectivity index (χ3v) is 4.69. The molecule has 0 spiro atoms. The minimum absolute atomic E-state index is 0.171. The highest BCUT2D eigenvalue weighted by Crippen LogP contribution is 2.38. The van der Waals surface area contributed by atoms with E-state index < -0.39 is 0 Å². The second kappa shape index (κ2) is 4.89. The van der Waals surface area contributed by atoms with Crippen molar-refractivity contribution < 1.29 is 4.74 Å². The number of aryl methyl sites for hydroxylation is 2. The summed E-state index contributed by atoms with van der Waals surface area (Å²) in [6, 6.07) is 7.30. The second-order valence-electron chi connectivity index (χ2n) is 6.24. The van der Waals surface area contributed by atoms with Gasteiger partial charge in [0.05, 0.1) is 18.6 Å². The van der Waals surface area contributed by atoms with Gasteiger partial charge in [-0.1, -0.05) is 23.8 Å². The van der Waals surface area contributed by atoms with Gasteiger partial charge in [0.2, 0.25) is 0 Å². The van der Waals surface area contributed by atoms with Gasteiger partial charge >= 0.3 is 0 Å². The van der Waals surface area contributed by atoms with Crippen molar-refractivity contribution >= 4 is 0 Å². The molecule has 1 atom stereocenters. The fraction of sp³-hybridized carbons (Fsp3) is 0.625. The van der Waals surface area contributed by atoms with E-state index in [0.717, 1.165) is 32.8 Å². The highest BCUT2D eigenvalue weighted by Gasteiger charge is 2.48. The van der Waals surface area contributed by atoms with Gasteiger partial charge in [0.1, 0.15) is 0 Å². The fourth-order valence-corrected chi connectivity index (χ4v) is 3.41. The smallest absolute Gasteiger partial charge is 0.0601 e. The average Bonchev–Trinajstić information content (AvgIpc) is 2.32. The van der Waals surface area contributed by atoms with E-state index in [0.29, 0.717) is 6.04 Å². The van der Waals surface area contributed by atoms with Gasteiger partial charge in [-0.15, -0.1) is 0 Å². The number of likely N-dealkylation sites (N-methyl/N-ethyl adjacent to an activating group) is 1. The van der Waals surface area contributed by atoms with Crippen molar-refractivity contribution in [2.75, 3.05) is 39.9 Å². The number of hydrogen-bond donors (Lipinski definition) is 1. The first kappa shape index (κ1) is 13.1. The van der Waals surface area contributed by atoms with Crippen LogP contribution in [0.25, 0.3) is 0 Å². The molecule has 1 N–H and O–H groups in total. The third kappa shape index (κ3) is 2.20. The number of nitrogens with one attached hydrogen (secondary N) is 1. The maximum Gasteiger partial charge on any atom is 0.0601 e. The SMILES string of the molecule is Cc1ccc(C)c(C2(C3CN(C)CCN3)COC2)c1. The zero-order chi connectivity index (χ0) is 13.5. The zero-order valence-electron chi connectivity index (χ0n) is 12.2. The van der Waals surface area contributed by atoms with Crippen LogP contribution < -0.4 is 5.32 Å². The molecule has 0 bridgehead atoms. The predicted molar refractivity (Wildman–Crippen MR) is 77.7 cm³/mol. The Labute approximate surface area is 115 Å². The lowest BCUT2D eigenvalue weighted by atomic mass is 9.70. The largest absolute Gasteiger partial charge is 0.379 e. The number of piperazine rings is 1. The quantitative estimate of drug-likeness (QED) is 0.871. The topological polar surface area (TPSA) is 24.5 Å². The van der Waals surface area contributed by atoms with E-state index in [1.807, 2.05) is 0 Å². The van der Waals surface area contributed by atoms with E-state index in [1.54, 1.807) is 0 Å². The average molecular weight is 260 g/mol. The van der Waals surface area contributed by atoms with Crippen LogP contribution in [0.4, 0.5) is 0 Å². The van der Waals surface area contributed by atoms with Crippen molar-refractivity contribution in [2.24, 2.45) is 0 Å². The summed E-state index contributed by atoms with van der Waals surface area (Å²) in [5, 5.41) is 3.72. The van der Waals surface area contributed by atoms with Crippen LogP contribution in [0, 0.1) is 13.8 Å². The van der Waals surface area contributed by atoms with Gasteiger partial charge in [-0.3, -0.25) is 0 Å². The maximum absolute atomic E-state index is 5.62. The maximum atomic E-state index is 5.62. The van der Waals surface area contributed by atoms with Crippen LogP contribution in [0.5, 0.6) is 0 Å². The van der Waals surface area contributed by atoms with Gasteiger partial charge in [-0.2, -0.15) is 0 Å². The molecule has 104 valence electrons. The summed E-state index contributed by atoms with van der Waals surface area (Å²) in [7, 11) is 2.21. The Kier molecular flexibility index (Phi) is 3.37. The molecule has 19 heavy (non-hydrogen) atoms. The predicted octanol–water partition coefficient (Wildman–Crippen LogP) is 1.48. The summed E-state index contributed by atoms with van der Waals surface area (Å²) in [6.07, 6.45) is 0. The molecule has 1 aromatic rings.